The topological polar surface area (TPSA) is 46.5 Å². The zero-order chi connectivity index (χ0) is 9.40. The summed E-state index contributed by atoms with van der Waals surface area (Å²) in [5.41, 5.74) is 0. The number of allylic oxidation sites excluding steroid dienone is 1. The molecule has 0 radical (unpaired) electrons. The molecule has 4 heteroatoms. The molecule has 0 saturated heterocycles. The number of rotatable bonds is 5. The van der Waals surface area contributed by atoms with Crippen LogP contribution in [0.2, 0.25) is 0 Å². The number of halogens is 1. The minimum absolute atomic E-state index is 0.283. The van der Waals surface area contributed by atoms with Crippen molar-refractivity contribution in [3.63, 3.8) is 0 Å². The molecule has 0 aromatic rings. The molecule has 0 saturated carbocycles. The summed E-state index contributed by atoms with van der Waals surface area (Å²) in [5, 5.41) is 8.25. The first kappa shape index (κ1) is 11.1. The third-order valence-electron chi connectivity index (χ3n) is 1.33. The highest BCUT2D eigenvalue weighted by Crippen LogP contribution is 2.02. The summed E-state index contributed by atoms with van der Waals surface area (Å²) >= 11 is 0. The predicted octanol–water partition coefficient (Wildman–Crippen LogP) is 1.18. The largest absolute Gasteiger partial charge is 0.469 e. The van der Waals surface area contributed by atoms with E-state index in [0.717, 1.165) is 0 Å². The normalized spacial score (nSPS) is 11.4. The summed E-state index contributed by atoms with van der Waals surface area (Å²) in [5.74, 6) is -0.854. The number of carbonyl (C=O) groups is 1. The van der Waals surface area contributed by atoms with Gasteiger partial charge >= 0.3 is 5.97 Å². The Balaban J connectivity index is 3.38. The Morgan fingerprint density at radius 1 is 1.67 bits per heavy atom. The van der Waals surface area contributed by atoms with Gasteiger partial charge in [-0.1, -0.05) is 6.08 Å². The zero-order valence-corrected chi connectivity index (χ0v) is 7.05. The van der Waals surface area contributed by atoms with Gasteiger partial charge < -0.3 is 9.84 Å². The highest BCUT2D eigenvalue weighted by atomic mass is 19.1. The van der Waals surface area contributed by atoms with Crippen LogP contribution in [-0.4, -0.2) is 24.8 Å². The number of aliphatic hydroxyl groups excluding tert-OH is 1. The number of hydrogen-bond donors (Lipinski definition) is 1. The summed E-state index contributed by atoms with van der Waals surface area (Å²) in [7, 11) is 1.31. The lowest BCUT2D eigenvalue weighted by Crippen LogP contribution is -1.98. The molecule has 0 bridgehead atoms. The smallest absolute Gasteiger partial charge is 0.305 e. The second-order valence-corrected chi connectivity index (χ2v) is 2.28. The van der Waals surface area contributed by atoms with E-state index in [0.29, 0.717) is 12.8 Å². The lowest BCUT2D eigenvalue weighted by atomic mass is 10.2. The second kappa shape index (κ2) is 6.79. The number of unbranched alkanes of at least 4 members (excludes halogenated alkanes) is 1. The summed E-state index contributed by atoms with van der Waals surface area (Å²) in [4.78, 5) is 10.5. The molecule has 0 unspecified atom stereocenters. The Kier molecular flexibility index (Phi) is 6.28. The lowest BCUT2D eigenvalue weighted by molar-refractivity contribution is -0.140. The van der Waals surface area contributed by atoms with E-state index >= 15 is 0 Å². The summed E-state index contributed by atoms with van der Waals surface area (Å²) < 4.78 is 16.6. The van der Waals surface area contributed by atoms with Gasteiger partial charge in [0.25, 0.3) is 0 Å². The Hall–Kier alpha value is -0.900. The van der Waals surface area contributed by atoms with Crippen LogP contribution >= 0.6 is 0 Å². The minimum Gasteiger partial charge on any atom is -0.469 e. The fourth-order valence-electron chi connectivity index (χ4n) is 0.672. The minimum atomic E-state index is -0.571. The van der Waals surface area contributed by atoms with Gasteiger partial charge in [-0.05, 0) is 12.8 Å². The molecular formula is C8H13FO3. The average Bonchev–Trinajstić information content (AvgIpc) is 2.11. The number of esters is 1. The van der Waals surface area contributed by atoms with Crippen molar-refractivity contribution in [2.24, 2.45) is 0 Å². The first-order valence-electron chi connectivity index (χ1n) is 3.73. The predicted molar refractivity (Wildman–Crippen MR) is 42.1 cm³/mol. The van der Waals surface area contributed by atoms with Crippen LogP contribution in [0.25, 0.3) is 0 Å². The van der Waals surface area contributed by atoms with Gasteiger partial charge in [0.1, 0.15) is 5.83 Å². The highest BCUT2D eigenvalue weighted by molar-refractivity contribution is 5.68. The van der Waals surface area contributed by atoms with Gasteiger partial charge in [0.05, 0.1) is 13.7 Å². The number of aliphatic hydroxyl groups is 1. The molecule has 3 nitrogen and oxygen atoms in total. The summed E-state index contributed by atoms with van der Waals surface area (Å²) in [6.45, 7) is -0.571. The number of ether oxygens (including phenoxy) is 1. The second-order valence-electron chi connectivity index (χ2n) is 2.28. The quantitative estimate of drug-likeness (QED) is 0.505. The first-order valence-corrected chi connectivity index (χ1v) is 3.73. The van der Waals surface area contributed by atoms with Crippen LogP contribution in [0.1, 0.15) is 19.3 Å². The van der Waals surface area contributed by atoms with Gasteiger partial charge in [0.15, 0.2) is 0 Å². The molecular weight excluding hydrogens is 163 g/mol. The molecule has 12 heavy (non-hydrogen) atoms. The van der Waals surface area contributed by atoms with Gasteiger partial charge in [-0.25, -0.2) is 4.39 Å². The Morgan fingerprint density at radius 3 is 2.83 bits per heavy atom. The maximum atomic E-state index is 12.2. The molecule has 0 aliphatic heterocycles. The molecule has 0 heterocycles. The zero-order valence-electron chi connectivity index (χ0n) is 7.05. The summed E-state index contributed by atoms with van der Waals surface area (Å²) in [6.07, 6.45) is 2.54. The van der Waals surface area contributed by atoms with Crippen molar-refractivity contribution in [1.29, 1.82) is 0 Å². The maximum absolute atomic E-state index is 12.2. The Bertz CT molecular complexity index is 166. The van der Waals surface area contributed by atoms with Gasteiger partial charge in [-0.15, -0.1) is 0 Å². The third-order valence-corrected chi connectivity index (χ3v) is 1.33. The molecule has 0 spiro atoms. The molecule has 0 rings (SSSR count). The van der Waals surface area contributed by atoms with Gasteiger partial charge in [0.2, 0.25) is 0 Å². The molecule has 0 fully saturated rings. The van der Waals surface area contributed by atoms with E-state index in [4.69, 9.17) is 5.11 Å². The van der Waals surface area contributed by atoms with Gasteiger partial charge in [-0.3, -0.25) is 4.79 Å². The highest BCUT2D eigenvalue weighted by Gasteiger charge is 1.98. The molecule has 0 atom stereocenters. The van der Waals surface area contributed by atoms with Crippen LogP contribution < -0.4 is 0 Å². The van der Waals surface area contributed by atoms with Crippen molar-refractivity contribution in [1.82, 2.24) is 0 Å². The molecule has 0 amide bonds. The van der Waals surface area contributed by atoms with Crippen molar-refractivity contribution in [3.8, 4) is 0 Å². The van der Waals surface area contributed by atoms with Crippen LogP contribution in [0, 0.1) is 0 Å². The molecule has 0 aliphatic rings. The first-order chi connectivity index (χ1) is 5.70. The maximum Gasteiger partial charge on any atom is 0.305 e. The average molecular weight is 176 g/mol. The van der Waals surface area contributed by atoms with Crippen LogP contribution in [0.3, 0.4) is 0 Å². The van der Waals surface area contributed by atoms with Crippen LogP contribution in [-0.2, 0) is 9.53 Å². The van der Waals surface area contributed by atoms with Crippen molar-refractivity contribution < 1.29 is 19.0 Å². The molecule has 1 N–H and O–H groups in total. The number of carbonyl (C=O) groups excluding carboxylic acids is 1. The standard InChI is InChI=1S/C8H13FO3/c1-12-8(11)5-3-2-4-7(9)6-10/h4,10H,2-3,5-6H2,1H3/b7-4-. The van der Waals surface area contributed by atoms with Crippen molar-refractivity contribution in [3.05, 3.63) is 11.9 Å². The van der Waals surface area contributed by atoms with E-state index in [-0.39, 0.29) is 12.4 Å². The summed E-state index contributed by atoms with van der Waals surface area (Å²) in [6, 6.07) is 0. The number of methoxy groups -OCH3 is 1. The van der Waals surface area contributed by atoms with Crippen molar-refractivity contribution >= 4 is 5.97 Å². The SMILES string of the molecule is COC(=O)CCC/C=C(\F)CO. The third kappa shape index (κ3) is 5.85. The van der Waals surface area contributed by atoms with Gasteiger partial charge in [0, 0.05) is 6.42 Å². The van der Waals surface area contributed by atoms with E-state index in [1.165, 1.54) is 13.2 Å². The monoisotopic (exact) mass is 176 g/mol. The van der Waals surface area contributed by atoms with Crippen molar-refractivity contribution in [2.45, 2.75) is 19.3 Å². The van der Waals surface area contributed by atoms with E-state index in [1.807, 2.05) is 0 Å². The van der Waals surface area contributed by atoms with Crippen LogP contribution in [0.4, 0.5) is 4.39 Å². The fourth-order valence-corrected chi connectivity index (χ4v) is 0.672. The van der Waals surface area contributed by atoms with Crippen LogP contribution in [0.5, 0.6) is 0 Å². The van der Waals surface area contributed by atoms with Crippen molar-refractivity contribution in [2.75, 3.05) is 13.7 Å². The molecule has 70 valence electrons. The van der Waals surface area contributed by atoms with Crippen LogP contribution in [0.15, 0.2) is 11.9 Å². The van der Waals surface area contributed by atoms with E-state index < -0.39 is 12.4 Å². The molecule has 0 aliphatic carbocycles. The van der Waals surface area contributed by atoms with E-state index in [9.17, 15) is 9.18 Å². The Morgan fingerprint density at radius 2 is 2.33 bits per heavy atom. The Labute approximate surface area is 70.8 Å². The van der Waals surface area contributed by atoms with E-state index in [1.54, 1.807) is 0 Å². The fraction of sp³-hybridized carbons (Fsp3) is 0.625. The molecule has 0 aromatic heterocycles. The van der Waals surface area contributed by atoms with E-state index in [2.05, 4.69) is 4.74 Å². The molecule has 0 aromatic carbocycles. The lowest BCUT2D eigenvalue weighted by Gasteiger charge is -1.95. The van der Waals surface area contributed by atoms with Gasteiger partial charge in [-0.2, -0.15) is 0 Å². The number of hydrogen-bond acceptors (Lipinski definition) is 3.